The Balaban J connectivity index is 2.10. The van der Waals surface area contributed by atoms with Gasteiger partial charge in [0.1, 0.15) is 5.75 Å². The maximum absolute atomic E-state index is 13.1. The summed E-state index contributed by atoms with van der Waals surface area (Å²) >= 11 is 0. The van der Waals surface area contributed by atoms with Gasteiger partial charge in [-0.1, -0.05) is 23.8 Å². The van der Waals surface area contributed by atoms with Crippen molar-refractivity contribution < 1.29 is 17.9 Å². The third kappa shape index (κ3) is 3.19. The second-order valence-electron chi connectivity index (χ2n) is 6.04. The Morgan fingerprint density at radius 3 is 2.40 bits per heavy atom. The van der Waals surface area contributed by atoms with Crippen LogP contribution in [0, 0.1) is 13.8 Å². The van der Waals surface area contributed by atoms with E-state index in [0.29, 0.717) is 11.4 Å². The monoisotopic (exact) mass is 360 g/mol. The molecule has 3 rings (SSSR count). The molecule has 0 saturated heterocycles. The number of ether oxygens (including phenoxy) is 1. The van der Waals surface area contributed by atoms with Crippen molar-refractivity contribution in [2.24, 2.45) is 0 Å². The third-order valence-corrected chi connectivity index (χ3v) is 5.93. The van der Waals surface area contributed by atoms with Crippen molar-refractivity contribution in [3.63, 3.8) is 0 Å². The number of benzene rings is 2. The highest BCUT2D eigenvalue weighted by Gasteiger charge is 2.37. The molecule has 1 N–H and O–H groups in total. The van der Waals surface area contributed by atoms with Crippen LogP contribution in [0.15, 0.2) is 47.4 Å². The zero-order valence-corrected chi connectivity index (χ0v) is 15.1. The summed E-state index contributed by atoms with van der Waals surface area (Å²) in [5.74, 6) is 0.0202. The van der Waals surface area contributed by atoms with E-state index in [4.69, 9.17) is 4.74 Å². The molecule has 25 heavy (non-hydrogen) atoms. The maximum atomic E-state index is 13.1. The standard InChI is InChI=1S/C18H20N2O4S/c1-12-4-7-14(8-5-12)25(22,23)20-11-17(18(21)19-3)24-16-10-13(2)6-9-15(16)20/h4-10,17H,11H2,1-3H3,(H,19,21)/t17-/m0/s1. The van der Waals surface area contributed by atoms with E-state index in [1.54, 1.807) is 36.4 Å². The van der Waals surface area contributed by atoms with Crippen LogP contribution in [0.4, 0.5) is 5.69 Å². The van der Waals surface area contributed by atoms with E-state index < -0.39 is 16.1 Å². The molecule has 1 aliphatic heterocycles. The normalized spacial score (nSPS) is 16.8. The van der Waals surface area contributed by atoms with Crippen LogP contribution in [-0.4, -0.2) is 34.0 Å². The van der Waals surface area contributed by atoms with Gasteiger partial charge < -0.3 is 10.1 Å². The molecule has 2 aromatic carbocycles. The van der Waals surface area contributed by atoms with Crippen LogP contribution in [-0.2, 0) is 14.8 Å². The first-order chi connectivity index (χ1) is 11.8. The molecule has 132 valence electrons. The molecule has 7 heteroatoms. The summed E-state index contributed by atoms with van der Waals surface area (Å²) in [6, 6.07) is 11.9. The van der Waals surface area contributed by atoms with Crippen molar-refractivity contribution in [1.29, 1.82) is 0 Å². The number of nitrogens with zero attached hydrogens (tertiary/aromatic N) is 1. The molecule has 1 heterocycles. The van der Waals surface area contributed by atoms with E-state index in [1.165, 1.54) is 11.4 Å². The number of hydrogen-bond acceptors (Lipinski definition) is 4. The maximum Gasteiger partial charge on any atom is 0.264 e. The molecule has 6 nitrogen and oxygen atoms in total. The Morgan fingerprint density at radius 2 is 1.76 bits per heavy atom. The molecule has 0 unspecified atom stereocenters. The lowest BCUT2D eigenvalue weighted by Gasteiger charge is -2.34. The Bertz CT molecular complexity index is 907. The van der Waals surface area contributed by atoms with Crippen molar-refractivity contribution in [2.75, 3.05) is 17.9 Å². The minimum atomic E-state index is -3.81. The van der Waals surface area contributed by atoms with Gasteiger partial charge in [-0.2, -0.15) is 0 Å². The summed E-state index contributed by atoms with van der Waals surface area (Å²) in [5.41, 5.74) is 2.33. The van der Waals surface area contributed by atoms with Crippen LogP contribution < -0.4 is 14.4 Å². The van der Waals surface area contributed by atoms with Gasteiger partial charge in [-0.05, 0) is 43.7 Å². The molecule has 0 radical (unpaired) electrons. The van der Waals surface area contributed by atoms with Gasteiger partial charge in [0.25, 0.3) is 15.9 Å². The average molecular weight is 360 g/mol. The van der Waals surface area contributed by atoms with E-state index in [0.717, 1.165) is 11.1 Å². The predicted molar refractivity (Wildman–Crippen MR) is 95.4 cm³/mol. The van der Waals surface area contributed by atoms with Crippen LogP contribution in [0.25, 0.3) is 0 Å². The van der Waals surface area contributed by atoms with Gasteiger partial charge in [0.15, 0.2) is 6.10 Å². The van der Waals surface area contributed by atoms with Crippen molar-refractivity contribution in [3.8, 4) is 5.75 Å². The number of likely N-dealkylation sites (N-methyl/N-ethyl adjacent to an activating group) is 1. The summed E-state index contributed by atoms with van der Waals surface area (Å²) in [6.45, 7) is 3.70. The van der Waals surface area contributed by atoms with Gasteiger partial charge in [-0.3, -0.25) is 9.10 Å². The Labute approximate surface area is 147 Å². The fraction of sp³-hybridized carbons (Fsp3) is 0.278. The number of sulfonamides is 1. The van der Waals surface area contributed by atoms with E-state index in [9.17, 15) is 13.2 Å². The molecular formula is C18H20N2O4S. The number of carbonyl (C=O) groups is 1. The highest BCUT2D eigenvalue weighted by Crippen LogP contribution is 2.37. The Kier molecular flexibility index (Phi) is 4.43. The molecule has 1 amide bonds. The van der Waals surface area contributed by atoms with Crippen molar-refractivity contribution in [1.82, 2.24) is 5.32 Å². The van der Waals surface area contributed by atoms with E-state index >= 15 is 0 Å². The summed E-state index contributed by atoms with van der Waals surface area (Å²) in [6.07, 6.45) is -0.903. The smallest absolute Gasteiger partial charge is 0.264 e. The zero-order chi connectivity index (χ0) is 18.2. The summed E-state index contributed by atoms with van der Waals surface area (Å²) in [5, 5.41) is 2.51. The van der Waals surface area contributed by atoms with Crippen molar-refractivity contribution in [2.45, 2.75) is 24.8 Å². The number of carbonyl (C=O) groups excluding carboxylic acids is 1. The van der Waals surface area contributed by atoms with E-state index in [2.05, 4.69) is 5.32 Å². The number of rotatable bonds is 3. The molecule has 1 aliphatic rings. The number of fused-ring (bicyclic) bond motifs is 1. The summed E-state index contributed by atoms with van der Waals surface area (Å²) in [4.78, 5) is 12.2. The van der Waals surface area contributed by atoms with Gasteiger partial charge in [0.05, 0.1) is 17.1 Å². The zero-order valence-electron chi connectivity index (χ0n) is 14.3. The number of nitrogens with one attached hydrogen (secondary N) is 1. The fourth-order valence-corrected chi connectivity index (χ4v) is 4.20. The first kappa shape index (κ1) is 17.3. The Morgan fingerprint density at radius 1 is 1.12 bits per heavy atom. The van der Waals surface area contributed by atoms with Gasteiger partial charge in [-0.25, -0.2) is 8.42 Å². The quantitative estimate of drug-likeness (QED) is 0.908. The van der Waals surface area contributed by atoms with Gasteiger partial charge >= 0.3 is 0 Å². The van der Waals surface area contributed by atoms with Crippen molar-refractivity contribution >= 4 is 21.6 Å². The SMILES string of the molecule is CNC(=O)[C@@H]1CN(S(=O)(=O)c2ccc(C)cc2)c2ccc(C)cc2O1. The number of aryl methyl sites for hydroxylation is 2. The molecule has 1 atom stereocenters. The van der Waals surface area contributed by atoms with Crippen LogP contribution in [0.2, 0.25) is 0 Å². The molecule has 0 aliphatic carbocycles. The van der Waals surface area contributed by atoms with Crippen LogP contribution in [0.1, 0.15) is 11.1 Å². The molecule has 2 aromatic rings. The minimum Gasteiger partial charge on any atom is -0.476 e. The van der Waals surface area contributed by atoms with Gasteiger partial charge in [0.2, 0.25) is 0 Å². The highest BCUT2D eigenvalue weighted by molar-refractivity contribution is 7.92. The van der Waals surface area contributed by atoms with Gasteiger partial charge in [0, 0.05) is 7.05 Å². The Hall–Kier alpha value is -2.54. The first-order valence-corrected chi connectivity index (χ1v) is 9.35. The topological polar surface area (TPSA) is 75.7 Å². The van der Waals surface area contributed by atoms with Crippen LogP contribution in [0.5, 0.6) is 5.75 Å². The highest BCUT2D eigenvalue weighted by atomic mass is 32.2. The predicted octanol–water partition coefficient (Wildman–Crippen LogP) is 2.01. The van der Waals surface area contributed by atoms with E-state index in [-0.39, 0.29) is 17.3 Å². The first-order valence-electron chi connectivity index (χ1n) is 7.91. The van der Waals surface area contributed by atoms with Gasteiger partial charge in [-0.15, -0.1) is 0 Å². The average Bonchev–Trinajstić information content (AvgIpc) is 2.60. The molecule has 0 bridgehead atoms. The minimum absolute atomic E-state index is 0.0774. The molecule has 0 spiro atoms. The molecule has 0 aromatic heterocycles. The van der Waals surface area contributed by atoms with Crippen LogP contribution >= 0.6 is 0 Å². The number of amides is 1. The lowest BCUT2D eigenvalue weighted by atomic mass is 10.1. The second kappa shape index (κ2) is 6.40. The largest absolute Gasteiger partial charge is 0.476 e. The third-order valence-electron chi connectivity index (χ3n) is 4.13. The number of hydrogen-bond donors (Lipinski definition) is 1. The number of anilines is 1. The van der Waals surface area contributed by atoms with Crippen LogP contribution in [0.3, 0.4) is 0 Å². The van der Waals surface area contributed by atoms with Crippen molar-refractivity contribution in [3.05, 3.63) is 53.6 Å². The lowest BCUT2D eigenvalue weighted by Crippen LogP contribution is -2.50. The fourth-order valence-electron chi connectivity index (χ4n) is 2.72. The summed E-state index contributed by atoms with van der Waals surface area (Å²) < 4.78 is 33.3. The molecule has 0 saturated carbocycles. The molecular weight excluding hydrogens is 340 g/mol. The van der Waals surface area contributed by atoms with E-state index in [1.807, 2.05) is 19.9 Å². The summed E-state index contributed by atoms with van der Waals surface area (Å²) in [7, 11) is -2.31. The second-order valence-corrected chi connectivity index (χ2v) is 7.90. The molecule has 0 fully saturated rings. The lowest BCUT2D eigenvalue weighted by molar-refractivity contribution is -0.127.